The Kier molecular flexibility index (Phi) is 4.14. The van der Waals surface area contributed by atoms with E-state index in [4.69, 9.17) is 19.9 Å². The molecule has 6 heteroatoms. The summed E-state index contributed by atoms with van der Waals surface area (Å²) < 4.78 is 16.6. The average molecular weight is 378 g/mol. The van der Waals surface area contributed by atoms with E-state index in [9.17, 15) is 4.79 Å². The van der Waals surface area contributed by atoms with Gasteiger partial charge in [0.2, 0.25) is 0 Å². The van der Waals surface area contributed by atoms with Gasteiger partial charge in [0.1, 0.15) is 11.3 Å². The van der Waals surface area contributed by atoms with Crippen LogP contribution < -0.4 is 15.2 Å². The van der Waals surface area contributed by atoms with E-state index in [0.29, 0.717) is 23.6 Å². The maximum absolute atomic E-state index is 12.2. The molecule has 1 aromatic heterocycles. The number of ether oxygens (including phenoxy) is 3. The van der Waals surface area contributed by atoms with Gasteiger partial charge in [-0.25, -0.2) is 9.78 Å². The molecule has 0 saturated carbocycles. The van der Waals surface area contributed by atoms with Crippen LogP contribution in [0.1, 0.15) is 29.9 Å². The molecule has 6 nitrogen and oxygen atoms in total. The first kappa shape index (κ1) is 18.1. The zero-order valence-electron chi connectivity index (χ0n) is 16.3. The van der Waals surface area contributed by atoms with E-state index in [-0.39, 0.29) is 11.3 Å². The standard InChI is InChI=1S/C22H22N2O4/c1-22(2)11-15-18-13(10-17(26-3)20(15)28-22)9-16(21(25)27-4)24-19(18)12-6-5-7-14(23)8-12/h5-10H,11,23H2,1-4H3. The van der Waals surface area contributed by atoms with Crippen LogP contribution in [0.2, 0.25) is 0 Å². The van der Waals surface area contributed by atoms with Crippen LogP contribution in [-0.4, -0.2) is 30.8 Å². The summed E-state index contributed by atoms with van der Waals surface area (Å²) >= 11 is 0. The van der Waals surface area contributed by atoms with E-state index in [1.54, 1.807) is 13.2 Å². The summed E-state index contributed by atoms with van der Waals surface area (Å²) in [5.41, 5.74) is 9.00. The minimum absolute atomic E-state index is 0.229. The number of carbonyl (C=O) groups excluding carboxylic acids is 1. The van der Waals surface area contributed by atoms with Gasteiger partial charge < -0.3 is 19.9 Å². The highest BCUT2D eigenvalue weighted by Crippen LogP contribution is 2.48. The number of benzene rings is 2. The van der Waals surface area contributed by atoms with Crippen molar-refractivity contribution in [2.45, 2.75) is 25.9 Å². The van der Waals surface area contributed by atoms with E-state index in [2.05, 4.69) is 4.98 Å². The summed E-state index contributed by atoms with van der Waals surface area (Å²) in [4.78, 5) is 16.9. The number of esters is 1. The largest absolute Gasteiger partial charge is 0.493 e. The molecular formula is C22H22N2O4. The first-order valence-corrected chi connectivity index (χ1v) is 9.01. The van der Waals surface area contributed by atoms with Gasteiger partial charge in [-0.15, -0.1) is 0 Å². The van der Waals surface area contributed by atoms with Crippen LogP contribution in [0.15, 0.2) is 36.4 Å². The molecule has 1 aliphatic rings. The number of nitrogens with zero attached hydrogens (tertiary/aromatic N) is 1. The Balaban J connectivity index is 2.11. The number of fused-ring (bicyclic) bond motifs is 3. The molecule has 0 spiro atoms. The van der Waals surface area contributed by atoms with E-state index in [0.717, 1.165) is 27.6 Å². The molecule has 0 unspecified atom stereocenters. The third kappa shape index (κ3) is 2.91. The highest BCUT2D eigenvalue weighted by atomic mass is 16.5. The van der Waals surface area contributed by atoms with Crippen molar-refractivity contribution < 1.29 is 19.0 Å². The van der Waals surface area contributed by atoms with Crippen molar-refractivity contribution in [3.05, 3.63) is 47.7 Å². The van der Waals surface area contributed by atoms with E-state index >= 15 is 0 Å². The lowest BCUT2D eigenvalue weighted by Gasteiger charge is -2.17. The van der Waals surface area contributed by atoms with Crippen molar-refractivity contribution >= 4 is 22.4 Å². The maximum Gasteiger partial charge on any atom is 0.356 e. The van der Waals surface area contributed by atoms with Crippen LogP contribution in [0.5, 0.6) is 11.5 Å². The third-order valence-electron chi connectivity index (χ3n) is 4.89. The molecule has 0 radical (unpaired) electrons. The second-order valence-corrected chi connectivity index (χ2v) is 7.50. The lowest BCUT2D eigenvalue weighted by atomic mass is 9.93. The number of pyridine rings is 1. The fourth-order valence-corrected chi connectivity index (χ4v) is 3.74. The number of nitrogen functional groups attached to an aromatic ring is 1. The molecule has 0 fully saturated rings. The Labute approximate surface area is 163 Å². The molecule has 144 valence electrons. The Hall–Kier alpha value is -3.28. The maximum atomic E-state index is 12.2. The first-order chi connectivity index (χ1) is 13.3. The highest BCUT2D eigenvalue weighted by molar-refractivity contribution is 6.04. The van der Waals surface area contributed by atoms with Gasteiger partial charge in [0.15, 0.2) is 11.5 Å². The number of nitrogens with two attached hydrogens (primary N) is 1. The smallest absolute Gasteiger partial charge is 0.356 e. The van der Waals surface area contributed by atoms with Crippen molar-refractivity contribution in [3.8, 4) is 22.8 Å². The minimum atomic E-state index is -0.497. The van der Waals surface area contributed by atoms with Crippen molar-refractivity contribution in [2.75, 3.05) is 20.0 Å². The van der Waals surface area contributed by atoms with Gasteiger partial charge in [0, 0.05) is 28.6 Å². The zero-order valence-corrected chi connectivity index (χ0v) is 16.3. The summed E-state index contributed by atoms with van der Waals surface area (Å²) in [6.45, 7) is 4.07. The second-order valence-electron chi connectivity index (χ2n) is 7.50. The molecule has 0 bridgehead atoms. The summed E-state index contributed by atoms with van der Waals surface area (Å²) in [5.74, 6) is 0.856. The summed E-state index contributed by atoms with van der Waals surface area (Å²) in [6.07, 6.45) is 0.699. The van der Waals surface area contributed by atoms with Crippen LogP contribution in [0.4, 0.5) is 5.69 Å². The number of hydrogen-bond acceptors (Lipinski definition) is 6. The number of methoxy groups -OCH3 is 2. The topological polar surface area (TPSA) is 83.7 Å². The number of rotatable bonds is 3. The molecule has 28 heavy (non-hydrogen) atoms. The number of anilines is 1. The lowest BCUT2D eigenvalue weighted by Crippen LogP contribution is -2.24. The van der Waals surface area contributed by atoms with E-state index < -0.39 is 5.97 Å². The Morgan fingerprint density at radius 2 is 2.00 bits per heavy atom. The molecule has 1 aliphatic heterocycles. The van der Waals surface area contributed by atoms with Gasteiger partial charge in [-0.2, -0.15) is 0 Å². The molecule has 3 aromatic rings. The third-order valence-corrected chi connectivity index (χ3v) is 4.89. The number of carbonyl (C=O) groups is 1. The molecule has 0 saturated heterocycles. The van der Waals surface area contributed by atoms with Gasteiger partial charge >= 0.3 is 5.97 Å². The summed E-state index contributed by atoms with van der Waals surface area (Å²) in [7, 11) is 2.95. The first-order valence-electron chi connectivity index (χ1n) is 9.01. The molecule has 2 N–H and O–H groups in total. The van der Waals surface area contributed by atoms with Gasteiger partial charge in [0.25, 0.3) is 0 Å². The van der Waals surface area contributed by atoms with Crippen LogP contribution in [0.3, 0.4) is 0 Å². The van der Waals surface area contributed by atoms with Crippen molar-refractivity contribution in [1.82, 2.24) is 4.98 Å². The van der Waals surface area contributed by atoms with Crippen molar-refractivity contribution in [2.24, 2.45) is 0 Å². The molecule has 2 heterocycles. The SMILES string of the molecule is COC(=O)c1cc2cc(OC)c3c(c2c(-c2cccc(N)c2)n1)CC(C)(C)O3. The van der Waals surface area contributed by atoms with Crippen molar-refractivity contribution in [1.29, 1.82) is 0 Å². The van der Waals surface area contributed by atoms with Gasteiger partial charge in [0.05, 0.1) is 19.9 Å². The molecule has 4 rings (SSSR count). The normalized spacial score (nSPS) is 14.4. The summed E-state index contributed by atoms with van der Waals surface area (Å²) in [6, 6.07) is 11.1. The van der Waals surface area contributed by atoms with Gasteiger partial charge in [-0.05, 0) is 43.5 Å². The van der Waals surface area contributed by atoms with Crippen LogP contribution in [-0.2, 0) is 11.2 Å². The molecule has 0 amide bonds. The monoisotopic (exact) mass is 378 g/mol. The average Bonchev–Trinajstić information content (AvgIpc) is 3.00. The van der Waals surface area contributed by atoms with E-state index in [1.807, 2.05) is 44.2 Å². The minimum Gasteiger partial charge on any atom is -0.493 e. The van der Waals surface area contributed by atoms with Crippen LogP contribution >= 0.6 is 0 Å². The highest BCUT2D eigenvalue weighted by Gasteiger charge is 2.35. The molecule has 2 aromatic carbocycles. The molecular weight excluding hydrogens is 356 g/mol. The Morgan fingerprint density at radius 3 is 2.68 bits per heavy atom. The van der Waals surface area contributed by atoms with E-state index in [1.165, 1.54) is 7.11 Å². The predicted octanol–water partition coefficient (Wildman–Crippen LogP) is 3.99. The fourth-order valence-electron chi connectivity index (χ4n) is 3.74. The Bertz CT molecular complexity index is 1110. The van der Waals surface area contributed by atoms with Crippen molar-refractivity contribution in [3.63, 3.8) is 0 Å². The molecule has 0 atom stereocenters. The van der Waals surface area contributed by atoms with Gasteiger partial charge in [-0.3, -0.25) is 0 Å². The number of hydrogen-bond donors (Lipinski definition) is 1. The van der Waals surface area contributed by atoms with Gasteiger partial charge in [-0.1, -0.05) is 12.1 Å². The Morgan fingerprint density at radius 1 is 1.21 bits per heavy atom. The zero-order chi connectivity index (χ0) is 20.1. The number of aromatic nitrogens is 1. The molecule has 0 aliphatic carbocycles. The quantitative estimate of drug-likeness (QED) is 0.548. The second kappa shape index (κ2) is 6.41. The predicted molar refractivity (Wildman–Crippen MR) is 108 cm³/mol. The lowest BCUT2D eigenvalue weighted by molar-refractivity contribution is 0.0594. The van der Waals surface area contributed by atoms with Crippen LogP contribution in [0.25, 0.3) is 22.0 Å². The fraction of sp³-hybridized carbons (Fsp3) is 0.273. The van der Waals surface area contributed by atoms with Crippen LogP contribution in [0, 0.1) is 0 Å². The summed E-state index contributed by atoms with van der Waals surface area (Å²) in [5, 5.41) is 1.77.